The highest BCUT2D eigenvalue weighted by atomic mass is 16.5. The number of pyridine rings is 1. The molecular weight excluding hydrogens is 330 g/mol. The molecule has 4 rings (SSSR count). The predicted molar refractivity (Wildman–Crippen MR) is 96.1 cm³/mol. The Labute approximate surface area is 151 Å². The first-order valence-electron chi connectivity index (χ1n) is 8.80. The van der Waals surface area contributed by atoms with E-state index >= 15 is 0 Å². The van der Waals surface area contributed by atoms with Gasteiger partial charge in [0.25, 0.3) is 5.91 Å². The zero-order valence-corrected chi connectivity index (χ0v) is 14.9. The number of likely N-dealkylation sites (tertiary alicyclic amines) is 1. The van der Waals surface area contributed by atoms with Gasteiger partial charge in [0.15, 0.2) is 5.65 Å². The maximum absolute atomic E-state index is 13.2. The average molecular weight is 351 g/mol. The van der Waals surface area contributed by atoms with Gasteiger partial charge in [-0.15, -0.1) is 0 Å². The van der Waals surface area contributed by atoms with E-state index < -0.39 is 0 Å². The fraction of sp³-hybridized carbons (Fsp3) is 0.368. The van der Waals surface area contributed by atoms with Crippen LogP contribution in [-0.2, 0) is 0 Å². The number of fused-ring (bicyclic) bond motifs is 1. The number of hydrogen-bond donors (Lipinski definition) is 0. The lowest BCUT2D eigenvalue weighted by atomic mass is 9.97. The Morgan fingerprint density at radius 3 is 3.00 bits per heavy atom. The molecule has 3 aromatic rings. The van der Waals surface area contributed by atoms with Crippen LogP contribution < -0.4 is 4.74 Å². The summed E-state index contributed by atoms with van der Waals surface area (Å²) in [6, 6.07) is 7.38. The van der Waals surface area contributed by atoms with Crippen molar-refractivity contribution in [2.75, 3.05) is 13.7 Å². The lowest BCUT2D eigenvalue weighted by molar-refractivity contribution is 0.0602. The molecule has 1 aliphatic heterocycles. The largest absolute Gasteiger partial charge is 0.480 e. The molecule has 1 aliphatic rings. The molecule has 4 heterocycles. The van der Waals surface area contributed by atoms with E-state index in [-0.39, 0.29) is 11.9 Å². The standard InChI is InChI=1S/C19H21N5O2/c1-13-12-15(22-17-8-10-21-24(13)17)16-7-3-4-11-23(16)19(25)14-6-5-9-20-18(14)26-2/h5-6,8-10,12,16H,3-4,7,11H2,1-2H3/t16-/m1/s1. The smallest absolute Gasteiger partial charge is 0.259 e. The number of nitrogens with zero attached hydrogens (tertiary/aromatic N) is 5. The Morgan fingerprint density at radius 1 is 1.27 bits per heavy atom. The molecule has 7 nitrogen and oxygen atoms in total. The van der Waals surface area contributed by atoms with Crippen molar-refractivity contribution >= 4 is 11.6 Å². The van der Waals surface area contributed by atoms with Gasteiger partial charge in [0.05, 0.1) is 25.0 Å². The SMILES string of the molecule is COc1ncccc1C(=O)N1CCCC[C@@H]1c1cc(C)n2nccc2n1. The van der Waals surface area contributed by atoms with Gasteiger partial charge in [-0.2, -0.15) is 5.10 Å². The van der Waals surface area contributed by atoms with Crippen molar-refractivity contribution in [1.29, 1.82) is 0 Å². The molecular formula is C19H21N5O2. The number of aromatic nitrogens is 4. The summed E-state index contributed by atoms with van der Waals surface area (Å²) in [5.74, 6) is 0.296. The maximum atomic E-state index is 13.2. The van der Waals surface area contributed by atoms with Gasteiger partial charge in [-0.3, -0.25) is 4.79 Å². The average Bonchev–Trinajstić information content (AvgIpc) is 3.16. The quantitative estimate of drug-likeness (QED) is 0.725. The summed E-state index contributed by atoms with van der Waals surface area (Å²) in [5, 5.41) is 4.28. The molecule has 1 amide bonds. The zero-order valence-electron chi connectivity index (χ0n) is 14.9. The molecule has 26 heavy (non-hydrogen) atoms. The normalized spacial score (nSPS) is 17.5. The third kappa shape index (κ3) is 2.79. The van der Waals surface area contributed by atoms with Gasteiger partial charge in [-0.05, 0) is 44.4 Å². The van der Waals surface area contributed by atoms with Crippen LogP contribution in [0.25, 0.3) is 5.65 Å². The van der Waals surface area contributed by atoms with Crippen molar-refractivity contribution in [1.82, 2.24) is 24.5 Å². The summed E-state index contributed by atoms with van der Waals surface area (Å²) in [6.07, 6.45) is 6.32. The second-order valence-corrected chi connectivity index (χ2v) is 6.49. The molecule has 0 aromatic carbocycles. The van der Waals surface area contributed by atoms with Gasteiger partial charge >= 0.3 is 0 Å². The number of methoxy groups -OCH3 is 1. The summed E-state index contributed by atoms with van der Waals surface area (Å²) >= 11 is 0. The number of ether oxygens (including phenoxy) is 1. The number of amides is 1. The Bertz CT molecular complexity index is 952. The summed E-state index contributed by atoms with van der Waals surface area (Å²) in [6.45, 7) is 2.71. The van der Waals surface area contributed by atoms with Crippen molar-refractivity contribution in [2.45, 2.75) is 32.2 Å². The van der Waals surface area contributed by atoms with Crippen LogP contribution in [0.15, 0.2) is 36.7 Å². The zero-order chi connectivity index (χ0) is 18.1. The molecule has 1 fully saturated rings. The second-order valence-electron chi connectivity index (χ2n) is 6.49. The number of aryl methyl sites for hydroxylation is 1. The molecule has 0 aliphatic carbocycles. The van der Waals surface area contributed by atoms with E-state index in [0.717, 1.165) is 36.3 Å². The minimum Gasteiger partial charge on any atom is -0.480 e. The summed E-state index contributed by atoms with van der Waals surface area (Å²) in [7, 11) is 1.53. The monoisotopic (exact) mass is 351 g/mol. The lowest BCUT2D eigenvalue weighted by Gasteiger charge is -2.35. The maximum Gasteiger partial charge on any atom is 0.259 e. The molecule has 0 radical (unpaired) electrons. The van der Waals surface area contributed by atoms with E-state index in [1.807, 2.05) is 28.5 Å². The highest BCUT2D eigenvalue weighted by Crippen LogP contribution is 2.33. The van der Waals surface area contributed by atoms with Crippen LogP contribution in [0.4, 0.5) is 0 Å². The van der Waals surface area contributed by atoms with Crippen molar-refractivity contribution in [3.8, 4) is 5.88 Å². The van der Waals surface area contributed by atoms with E-state index in [0.29, 0.717) is 18.0 Å². The third-order valence-electron chi connectivity index (χ3n) is 4.86. The topological polar surface area (TPSA) is 72.6 Å². The second kappa shape index (κ2) is 6.74. The summed E-state index contributed by atoms with van der Waals surface area (Å²) in [5.41, 5.74) is 3.21. The Kier molecular flexibility index (Phi) is 4.28. The molecule has 1 saturated heterocycles. The van der Waals surface area contributed by atoms with Crippen molar-refractivity contribution in [3.05, 3.63) is 53.6 Å². The van der Waals surface area contributed by atoms with Crippen LogP contribution in [0.2, 0.25) is 0 Å². The van der Waals surface area contributed by atoms with Crippen LogP contribution in [0.1, 0.15) is 47.1 Å². The van der Waals surface area contributed by atoms with Gasteiger partial charge in [0.2, 0.25) is 5.88 Å². The van der Waals surface area contributed by atoms with Gasteiger partial charge in [0.1, 0.15) is 5.56 Å². The van der Waals surface area contributed by atoms with Crippen molar-refractivity contribution in [3.63, 3.8) is 0 Å². The first-order chi connectivity index (χ1) is 12.7. The number of piperidine rings is 1. The van der Waals surface area contributed by atoms with E-state index in [1.54, 1.807) is 24.5 Å². The molecule has 0 unspecified atom stereocenters. The Hall–Kier alpha value is -2.96. The highest BCUT2D eigenvalue weighted by Gasteiger charge is 2.31. The first kappa shape index (κ1) is 16.5. The minimum atomic E-state index is -0.0625. The number of carbonyl (C=O) groups is 1. The van der Waals surface area contributed by atoms with Crippen molar-refractivity contribution in [2.24, 2.45) is 0 Å². The van der Waals surface area contributed by atoms with E-state index in [4.69, 9.17) is 9.72 Å². The first-order valence-corrected chi connectivity index (χ1v) is 8.80. The molecule has 0 spiro atoms. The van der Waals surface area contributed by atoms with Gasteiger partial charge in [-0.25, -0.2) is 14.5 Å². The predicted octanol–water partition coefficient (Wildman–Crippen LogP) is 2.81. The van der Waals surface area contributed by atoms with E-state index in [1.165, 1.54) is 7.11 Å². The van der Waals surface area contributed by atoms with Crippen LogP contribution in [0.3, 0.4) is 0 Å². The van der Waals surface area contributed by atoms with Crippen LogP contribution >= 0.6 is 0 Å². The summed E-state index contributed by atoms with van der Waals surface area (Å²) in [4.78, 5) is 24.0. The van der Waals surface area contributed by atoms with Gasteiger partial charge in [-0.1, -0.05) is 0 Å². The molecule has 0 N–H and O–H groups in total. The van der Waals surface area contributed by atoms with Gasteiger partial charge < -0.3 is 9.64 Å². The number of hydrogen-bond acceptors (Lipinski definition) is 5. The third-order valence-corrected chi connectivity index (χ3v) is 4.86. The van der Waals surface area contributed by atoms with Crippen LogP contribution in [0.5, 0.6) is 5.88 Å². The fourth-order valence-corrected chi connectivity index (χ4v) is 3.62. The number of carbonyl (C=O) groups excluding carboxylic acids is 1. The molecule has 7 heteroatoms. The van der Waals surface area contributed by atoms with Gasteiger partial charge in [0, 0.05) is 24.5 Å². The van der Waals surface area contributed by atoms with Crippen LogP contribution in [-0.4, -0.2) is 44.0 Å². The molecule has 1 atom stereocenters. The number of rotatable bonds is 3. The van der Waals surface area contributed by atoms with Crippen LogP contribution in [0, 0.1) is 6.92 Å². The van der Waals surface area contributed by atoms with Crippen molar-refractivity contribution < 1.29 is 9.53 Å². The minimum absolute atomic E-state index is 0.0558. The highest BCUT2D eigenvalue weighted by molar-refractivity contribution is 5.96. The molecule has 0 saturated carbocycles. The lowest BCUT2D eigenvalue weighted by Crippen LogP contribution is -2.39. The fourth-order valence-electron chi connectivity index (χ4n) is 3.62. The summed E-state index contributed by atoms with van der Waals surface area (Å²) < 4.78 is 7.09. The Balaban J connectivity index is 1.73. The molecule has 3 aromatic heterocycles. The Morgan fingerprint density at radius 2 is 2.15 bits per heavy atom. The molecule has 0 bridgehead atoms. The van der Waals surface area contributed by atoms with E-state index in [9.17, 15) is 4.79 Å². The van der Waals surface area contributed by atoms with E-state index in [2.05, 4.69) is 10.1 Å². The molecule has 134 valence electrons.